The lowest BCUT2D eigenvalue weighted by Gasteiger charge is -2.32. The van der Waals surface area contributed by atoms with Gasteiger partial charge in [0.05, 0.1) is 30.9 Å². The molecule has 16 heteroatoms. The SMILES string of the molecule is COc1ccc2c(OC3C[C@H]4C(=O)N[C@]5(C(=O)O)CC5CCCCCCC[C@H](NC(=O)N[C@H](C(=O)C5CC5)C5CCCCC5)C(=O)N4C3)cc(-c3csc(NC(C)C)n3)nc2c1. The number of ether oxygens (including phenoxy) is 2. The summed E-state index contributed by atoms with van der Waals surface area (Å²) in [5, 5.41) is 26.0. The van der Waals surface area contributed by atoms with Gasteiger partial charge in [-0.15, -0.1) is 11.3 Å². The molecular formula is C46H61N7O8S. The van der Waals surface area contributed by atoms with Crippen LogP contribution in [0.4, 0.5) is 9.93 Å². The number of thiazole rings is 1. The van der Waals surface area contributed by atoms with Crippen LogP contribution in [0.1, 0.15) is 117 Å². The molecule has 3 aliphatic carbocycles. The molecule has 4 amide bonds. The molecule has 5 aliphatic rings. The number of carbonyl (C=O) groups excluding carboxylic acids is 4. The molecule has 4 heterocycles. The Bertz CT molecular complexity index is 2150. The first-order valence-electron chi connectivity index (χ1n) is 22.8. The molecular weight excluding hydrogens is 811 g/mol. The number of benzene rings is 1. The summed E-state index contributed by atoms with van der Waals surface area (Å²) in [6.07, 6.45) is 11.5. The molecule has 0 radical (unpaired) electrons. The maximum atomic E-state index is 14.9. The minimum atomic E-state index is -1.39. The number of hydrogen-bond donors (Lipinski definition) is 5. The van der Waals surface area contributed by atoms with E-state index in [4.69, 9.17) is 19.4 Å². The van der Waals surface area contributed by atoms with Crippen molar-refractivity contribution in [2.75, 3.05) is 19.0 Å². The number of amides is 4. The lowest BCUT2D eigenvalue weighted by molar-refractivity contribution is -0.145. The Balaban J connectivity index is 1.09. The van der Waals surface area contributed by atoms with Crippen molar-refractivity contribution >= 4 is 57.0 Å². The molecule has 5 fully saturated rings. The second-order valence-corrected chi connectivity index (χ2v) is 19.3. The molecule has 8 rings (SSSR count). The van der Waals surface area contributed by atoms with Gasteiger partial charge in [0.1, 0.15) is 40.9 Å². The summed E-state index contributed by atoms with van der Waals surface area (Å²) in [5.41, 5.74) is 0.434. The molecule has 2 aliphatic heterocycles. The van der Waals surface area contributed by atoms with E-state index in [9.17, 15) is 29.1 Å². The van der Waals surface area contributed by atoms with E-state index in [0.29, 0.717) is 59.5 Å². The van der Waals surface area contributed by atoms with Crippen molar-refractivity contribution in [1.82, 2.24) is 30.8 Å². The number of urea groups is 1. The zero-order chi connectivity index (χ0) is 43.5. The van der Waals surface area contributed by atoms with Crippen LogP contribution in [0.25, 0.3) is 22.3 Å². The first kappa shape index (κ1) is 43.7. The van der Waals surface area contributed by atoms with E-state index in [1.54, 1.807) is 7.11 Å². The second-order valence-electron chi connectivity index (χ2n) is 18.4. The van der Waals surface area contributed by atoms with E-state index in [0.717, 1.165) is 75.8 Å². The molecule has 5 N–H and O–H groups in total. The molecule has 0 bridgehead atoms. The Kier molecular flexibility index (Phi) is 13.2. The first-order valence-corrected chi connectivity index (χ1v) is 23.6. The van der Waals surface area contributed by atoms with Crippen LogP contribution >= 0.6 is 11.3 Å². The zero-order valence-electron chi connectivity index (χ0n) is 36.1. The van der Waals surface area contributed by atoms with Gasteiger partial charge in [0.25, 0.3) is 0 Å². The van der Waals surface area contributed by atoms with Gasteiger partial charge < -0.3 is 40.7 Å². The average molecular weight is 872 g/mol. The molecule has 0 spiro atoms. The smallest absolute Gasteiger partial charge is 0.329 e. The van der Waals surface area contributed by atoms with Crippen molar-refractivity contribution < 1.29 is 38.6 Å². The number of ketones is 1. The van der Waals surface area contributed by atoms with Gasteiger partial charge in [0, 0.05) is 41.3 Å². The molecule has 334 valence electrons. The number of pyridine rings is 1. The van der Waals surface area contributed by atoms with Crippen LogP contribution in [-0.4, -0.2) is 99.0 Å². The number of methoxy groups -OCH3 is 1. The van der Waals surface area contributed by atoms with Gasteiger partial charge in [-0.2, -0.15) is 0 Å². The summed E-state index contributed by atoms with van der Waals surface area (Å²) in [4.78, 5) is 80.7. The molecule has 3 aromatic rings. The second kappa shape index (κ2) is 18.8. The van der Waals surface area contributed by atoms with E-state index < -0.39 is 53.6 Å². The fourth-order valence-corrected chi connectivity index (χ4v) is 10.7. The van der Waals surface area contributed by atoms with Crippen molar-refractivity contribution in [3.8, 4) is 22.9 Å². The van der Waals surface area contributed by atoms with Crippen molar-refractivity contribution in [2.24, 2.45) is 17.8 Å². The fourth-order valence-electron chi connectivity index (χ4n) is 9.82. The summed E-state index contributed by atoms with van der Waals surface area (Å²) in [7, 11) is 1.58. The number of carboxylic acid groups (broad SMARTS) is 1. The largest absolute Gasteiger partial charge is 0.497 e. The molecule has 1 aromatic carbocycles. The van der Waals surface area contributed by atoms with E-state index in [2.05, 4.69) is 21.3 Å². The number of fused-ring (bicyclic) bond motifs is 3. The van der Waals surface area contributed by atoms with Gasteiger partial charge >= 0.3 is 12.0 Å². The Morgan fingerprint density at radius 3 is 2.39 bits per heavy atom. The Morgan fingerprint density at radius 1 is 0.935 bits per heavy atom. The number of rotatable bonds is 12. The minimum absolute atomic E-state index is 0.0134. The standard InChI is InChI=1S/C46H61N7O8S/c1-26(2)47-45-50-36(25-62-45)35-22-38(32-19-18-30(60-3)20-34(32)48-35)61-31-21-37-41(55)52-46(43(57)58)23-29(46)14-10-5-4-6-11-15-33(42(56)53(37)24-31)49-44(59)51-39(40(54)28-16-17-28)27-12-8-7-9-13-27/h18-20,22,25-29,31,33,37,39H,4-17,21,23-24H2,1-3H3,(H,47,50)(H,52,55)(H,57,58)(H2,49,51,59)/t29?,31?,33-,37-,39-,46+/m0/s1. The quantitative estimate of drug-likeness (QED) is 0.128. The predicted molar refractivity (Wildman–Crippen MR) is 235 cm³/mol. The van der Waals surface area contributed by atoms with Crippen LogP contribution in [0.2, 0.25) is 0 Å². The number of Topliss-reactive ketones (excluding diaryl/α,β-unsaturated/α-hetero) is 1. The van der Waals surface area contributed by atoms with E-state index in [-0.39, 0.29) is 42.5 Å². The number of hydrogen-bond acceptors (Lipinski definition) is 11. The van der Waals surface area contributed by atoms with Crippen molar-refractivity contribution in [3.63, 3.8) is 0 Å². The van der Waals surface area contributed by atoms with Gasteiger partial charge in [-0.3, -0.25) is 14.4 Å². The highest BCUT2D eigenvalue weighted by Gasteiger charge is 2.62. The number of anilines is 1. The van der Waals surface area contributed by atoms with Crippen molar-refractivity contribution in [1.29, 1.82) is 0 Å². The predicted octanol–water partition coefficient (Wildman–Crippen LogP) is 6.84. The van der Waals surface area contributed by atoms with Crippen molar-refractivity contribution in [3.05, 3.63) is 29.6 Å². The molecule has 62 heavy (non-hydrogen) atoms. The average Bonchev–Trinajstić information content (AvgIpc) is 4.14. The van der Waals surface area contributed by atoms with Gasteiger partial charge in [-0.1, -0.05) is 51.4 Å². The molecule has 2 unspecified atom stereocenters. The maximum absolute atomic E-state index is 14.9. The van der Waals surface area contributed by atoms with Gasteiger partial charge in [0.2, 0.25) is 11.8 Å². The Morgan fingerprint density at radius 2 is 1.66 bits per heavy atom. The van der Waals surface area contributed by atoms with Crippen LogP contribution in [-0.2, 0) is 19.2 Å². The lowest BCUT2D eigenvalue weighted by Crippen LogP contribution is -2.58. The van der Waals surface area contributed by atoms with Gasteiger partial charge in [-0.25, -0.2) is 19.6 Å². The molecule has 3 saturated carbocycles. The third-order valence-electron chi connectivity index (χ3n) is 13.5. The van der Waals surface area contributed by atoms with Crippen LogP contribution in [0.3, 0.4) is 0 Å². The highest BCUT2D eigenvalue weighted by Crippen LogP contribution is 2.48. The van der Waals surface area contributed by atoms with Crippen LogP contribution in [0, 0.1) is 17.8 Å². The zero-order valence-corrected chi connectivity index (χ0v) is 36.9. The topological polar surface area (TPSA) is 201 Å². The number of nitrogens with zero attached hydrogens (tertiary/aromatic N) is 3. The summed E-state index contributed by atoms with van der Waals surface area (Å²) in [5.74, 6) is -1.08. The van der Waals surface area contributed by atoms with Crippen LogP contribution in [0.5, 0.6) is 11.5 Å². The first-order chi connectivity index (χ1) is 29.9. The van der Waals surface area contributed by atoms with E-state index in [1.807, 2.05) is 43.5 Å². The van der Waals surface area contributed by atoms with Crippen LogP contribution < -0.4 is 30.7 Å². The lowest BCUT2D eigenvalue weighted by atomic mass is 9.81. The highest BCUT2D eigenvalue weighted by atomic mass is 32.1. The maximum Gasteiger partial charge on any atom is 0.329 e. The van der Waals surface area contributed by atoms with Gasteiger partial charge in [-0.05, 0) is 82.8 Å². The molecule has 15 nitrogen and oxygen atoms in total. The summed E-state index contributed by atoms with van der Waals surface area (Å²) in [6.45, 7) is 4.09. The monoisotopic (exact) mass is 871 g/mol. The third-order valence-corrected chi connectivity index (χ3v) is 14.2. The fraction of sp³-hybridized carbons (Fsp3) is 0.630. The summed E-state index contributed by atoms with van der Waals surface area (Å²) in [6, 6.07) is 4.27. The summed E-state index contributed by atoms with van der Waals surface area (Å²) >= 11 is 1.47. The number of carboxylic acids is 1. The molecule has 2 saturated heterocycles. The van der Waals surface area contributed by atoms with E-state index >= 15 is 0 Å². The minimum Gasteiger partial charge on any atom is -0.497 e. The highest BCUT2D eigenvalue weighted by molar-refractivity contribution is 7.14. The van der Waals surface area contributed by atoms with Gasteiger partial charge in [0.15, 0.2) is 10.9 Å². The van der Waals surface area contributed by atoms with Crippen molar-refractivity contribution in [2.45, 2.75) is 152 Å². The molecule has 6 atom stereocenters. The Labute approximate surface area is 366 Å². The number of carbonyl (C=O) groups is 5. The summed E-state index contributed by atoms with van der Waals surface area (Å²) < 4.78 is 12.3. The van der Waals surface area contributed by atoms with Crippen LogP contribution in [0.15, 0.2) is 29.6 Å². The third kappa shape index (κ3) is 9.79. The normalized spacial score (nSPS) is 26.6. The number of aliphatic carboxylic acids is 1. The molecule has 2 aromatic heterocycles. The number of aromatic nitrogens is 2. The van der Waals surface area contributed by atoms with E-state index in [1.165, 1.54) is 16.2 Å². The Hall–Kier alpha value is -4.99. The number of nitrogens with one attached hydrogen (secondary N) is 4.